The van der Waals surface area contributed by atoms with Crippen molar-refractivity contribution < 1.29 is 9.90 Å². The van der Waals surface area contributed by atoms with Gasteiger partial charge in [-0.2, -0.15) is 0 Å². The minimum Gasteiger partial charge on any atom is -0.391 e. The number of rotatable bonds is 2. The Morgan fingerprint density at radius 2 is 2.05 bits per heavy atom. The Morgan fingerprint density at radius 3 is 2.90 bits per heavy atom. The van der Waals surface area contributed by atoms with Crippen molar-refractivity contribution in [3.05, 3.63) is 35.4 Å². The van der Waals surface area contributed by atoms with E-state index in [2.05, 4.69) is 16.7 Å². The van der Waals surface area contributed by atoms with Crippen molar-refractivity contribution in [2.45, 2.75) is 50.3 Å². The first kappa shape index (κ1) is 13.6. The fourth-order valence-electron chi connectivity index (χ4n) is 3.28. The van der Waals surface area contributed by atoms with Gasteiger partial charge in [-0.3, -0.25) is 4.79 Å². The molecular formula is C16H22N2O2. The number of aliphatic hydroxyl groups is 1. The number of carbonyl (C=O) groups excluding carboxylic acids is 1. The zero-order chi connectivity index (χ0) is 13.9. The second-order valence-electron chi connectivity index (χ2n) is 5.80. The number of aliphatic hydroxyl groups excluding tert-OH is 1. The molecule has 2 aliphatic rings. The third kappa shape index (κ3) is 2.72. The predicted octanol–water partition coefficient (Wildman–Crippen LogP) is 1.29. The highest BCUT2D eigenvalue weighted by atomic mass is 16.3. The van der Waals surface area contributed by atoms with Crippen molar-refractivity contribution in [3.8, 4) is 0 Å². The third-order valence-electron chi connectivity index (χ3n) is 4.43. The topological polar surface area (TPSA) is 61.4 Å². The second-order valence-corrected chi connectivity index (χ2v) is 5.80. The van der Waals surface area contributed by atoms with E-state index < -0.39 is 6.10 Å². The van der Waals surface area contributed by atoms with Crippen molar-refractivity contribution in [1.29, 1.82) is 0 Å². The van der Waals surface area contributed by atoms with E-state index in [0.29, 0.717) is 0 Å². The molecule has 1 saturated carbocycles. The van der Waals surface area contributed by atoms with Crippen LogP contribution >= 0.6 is 0 Å². The highest BCUT2D eigenvalue weighted by Gasteiger charge is 2.30. The summed E-state index contributed by atoms with van der Waals surface area (Å²) in [7, 11) is 0. The van der Waals surface area contributed by atoms with Gasteiger partial charge in [-0.15, -0.1) is 0 Å². The van der Waals surface area contributed by atoms with Crippen molar-refractivity contribution in [2.24, 2.45) is 0 Å². The van der Waals surface area contributed by atoms with Gasteiger partial charge >= 0.3 is 0 Å². The van der Waals surface area contributed by atoms with E-state index in [4.69, 9.17) is 0 Å². The monoisotopic (exact) mass is 274 g/mol. The summed E-state index contributed by atoms with van der Waals surface area (Å²) in [6.07, 6.45) is 4.37. The van der Waals surface area contributed by atoms with Gasteiger partial charge in [0.15, 0.2) is 0 Å². The molecule has 1 aliphatic heterocycles. The number of carbonyl (C=O) groups is 1. The quantitative estimate of drug-likeness (QED) is 0.761. The minimum atomic E-state index is -0.397. The maximum absolute atomic E-state index is 12.5. The molecule has 3 unspecified atom stereocenters. The fraction of sp³-hybridized carbons (Fsp3) is 0.562. The van der Waals surface area contributed by atoms with Crippen LogP contribution in [0.1, 0.15) is 42.9 Å². The number of benzene rings is 1. The first-order valence-electron chi connectivity index (χ1n) is 7.55. The molecule has 0 saturated heterocycles. The molecule has 3 rings (SSSR count). The zero-order valence-electron chi connectivity index (χ0n) is 11.6. The van der Waals surface area contributed by atoms with E-state index in [1.54, 1.807) is 0 Å². The molecule has 1 aliphatic carbocycles. The molecule has 3 atom stereocenters. The largest absolute Gasteiger partial charge is 0.391 e. The lowest BCUT2D eigenvalue weighted by atomic mass is 9.90. The molecule has 1 fully saturated rings. The molecule has 1 aromatic rings. The van der Waals surface area contributed by atoms with Gasteiger partial charge in [0, 0.05) is 6.54 Å². The minimum absolute atomic E-state index is 0.0110. The molecule has 108 valence electrons. The number of amides is 1. The average Bonchev–Trinajstić information content (AvgIpc) is 2.49. The van der Waals surface area contributed by atoms with Gasteiger partial charge in [0.25, 0.3) is 0 Å². The summed E-state index contributed by atoms with van der Waals surface area (Å²) in [6.45, 7) is 0.822. The maximum Gasteiger partial charge on any atom is 0.242 e. The summed E-state index contributed by atoms with van der Waals surface area (Å²) < 4.78 is 0. The molecule has 4 heteroatoms. The van der Waals surface area contributed by atoms with Gasteiger partial charge in [0.1, 0.15) is 6.04 Å². The first-order valence-corrected chi connectivity index (χ1v) is 7.55. The van der Waals surface area contributed by atoms with E-state index in [1.165, 1.54) is 5.56 Å². The number of fused-ring (bicyclic) bond motifs is 1. The molecule has 4 nitrogen and oxygen atoms in total. The lowest BCUT2D eigenvalue weighted by molar-refractivity contribution is -0.125. The van der Waals surface area contributed by atoms with Gasteiger partial charge in [0.05, 0.1) is 12.1 Å². The zero-order valence-corrected chi connectivity index (χ0v) is 11.6. The van der Waals surface area contributed by atoms with Crippen LogP contribution in [-0.4, -0.2) is 29.7 Å². The van der Waals surface area contributed by atoms with Gasteiger partial charge < -0.3 is 15.7 Å². The van der Waals surface area contributed by atoms with Crippen molar-refractivity contribution in [2.75, 3.05) is 6.54 Å². The number of hydrogen-bond donors (Lipinski definition) is 3. The normalized spacial score (nSPS) is 29.6. The maximum atomic E-state index is 12.5. The predicted molar refractivity (Wildman–Crippen MR) is 77.3 cm³/mol. The highest BCUT2D eigenvalue weighted by molar-refractivity contribution is 5.84. The molecule has 0 spiro atoms. The molecule has 20 heavy (non-hydrogen) atoms. The standard InChI is InChI=1S/C16H22N2O2/c19-14-8-4-3-7-13(14)18-16(20)15-12-6-2-1-5-11(12)9-10-17-15/h1-2,5-6,13-15,17,19H,3-4,7-10H2,(H,18,20). The average molecular weight is 274 g/mol. The summed E-state index contributed by atoms with van der Waals surface area (Å²) in [5.74, 6) is -0.0110. The van der Waals surface area contributed by atoms with Gasteiger partial charge in [-0.25, -0.2) is 0 Å². The molecule has 0 radical (unpaired) electrons. The van der Waals surface area contributed by atoms with Crippen LogP contribution in [-0.2, 0) is 11.2 Å². The molecule has 1 heterocycles. The van der Waals surface area contributed by atoms with Crippen LogP contribution in [0, 0.1) is 0 Å². The Kier molecular flexibility index (Phi) is 4.03. The first-order chi connectivity index (χ1) is 9.75. The van der Waals surface area contributed by atoms with Crippen molar-refractivity contribution >= 4 is 5.91 Å². The van der Waals surface area contributed by atoms with E-state index in [0.717, 1.165) is 44.2 Å². The lowest BCUT2D eigenvalue weighted by Gasteiger charge is -2.32. The van der Waals surface area contributed by atoms with Crippen LogP contribution in [0.3, 0.4) is 0 Å². The van der Waals surface area contributed by atoms with Crippen LogP contribution in [0.4, 0.5) is 0 Å². The van der Waals surface area contributed by atoms with Crippen LogP contribution in [0.5, 0.6) is 0 Å². The Hall–Kier alpha value is -1.39. The highest BCUT2D eigenvalue weighted by Crippen LogP contribution is 2.24. The Bertz CT molecular complexity index is 489. The smallest absolute Gasteiger partial charge is 0.242 e. The summed E-state index contributed by atoms with van der Waals surface area (Å²) in [5.41, 5.74) is 2.32. The van der Waals surface area contributed by atoms with Crippen LogP contribution in [0.15, 0.2) is 24.3 Å². The van der Waals surface area contributed by atoms with Crippen molar-refractivity contribution in [3.63, 3.8) is 0 Å². The summed E-state index contributed by atoms with van der Waals surface area (Å²) in [4.78, 5) is 12.5. The van der Waals surface area contributed by atoms with Crippen molar-refractivity contribution in [1.82, 2.24) is 10.6 Å². The van der Waals surface area contributed by atoms with E-state index in [-0.39, 0.29) is 18.0 Å². The van der Waals surface area contributed by atoms with Crippen LogP contribution < -0.4 is 10.6 Å². The summed E-state index contributed by atoms with van der Waals surface area (Å²) in [6, 6.07) is 7.72. The second kappa shape index (κ2) is 5.94. The SMILES string of the molecule is O=C(NC1CCCCC1O)C1NCCc2ccccc21. The molecular weight excluding hydrogens is 252 g/mol. The van der Waals surface area contributed by atoms with Gasteiger partial charge in [-0.05, 0) is 30.4 Å². The third-order valence-corrected chi connectivity index (χ3v) is 4.43. The van der Waals surface area contributed by atoms with Crippen LogP contribution in [0.2, 0.25) is 0 Å². The van der Waals surface area contributed by atoms with Gasteiger partial charge in [-0.1, -0.05) is 37.1 Å². The summed E-state index contributed by atoms with van der Waals surface area (Å²) >= 11 is 0. The lowest BCUT2D eigenvalue weighted by Crippen LogP contribution is -2.50. The van der Waals surface area contributed by atoms with Crippen LogP contribution in [0.25, 0.3) is 0 Å². The van der Waals surface area contributed by atoms with E-state index in [1.807, 2.05) is 18.2 Å². The number of hydrogen-bond acceptors (Lipinski definition) is 3. The molecule has 0 bridgehead atoms. The fourth-order valence-corrected chi connectivity index (χ4v) is 3.28. The molecule has 1 amide bonds. The van der Waals surface area contributed by atoms with Gasteiger partial charge in [0.2, 0.25) is 5.91 Å². The van der Waals surface area contributed by atoms with E-state index >= 15 is 0 Å². The molecule has 1 aromatic carbocycles. The Morgan fingerprint density at radius 1 is 1.25 bits per heavy atom. The Balaban J connectivity index is 1.72. The number of nitrogens with one attached hydrogen (secondary N) is 2. The van der Waals surface area contributed by atoms with E-state index in [9.17, 15) is 9.90 Å². The molecule has 0 aromatic heterocycles. The Labute approximate surface area is 119 Å². The summed E-state index contributed by atoms with van der Waals surface area (Å²) in [5, 5.41) is 16.3. The molecule has 3 N–H and O–H groups in total.